The smallest absolute Gasteiger partial charge is 0.0617 e. The molecule has 1 fully saturated rings. The first kappa shape index (κ1) is 13.6. The zero-order chi connectivity index (χ0) is 13.0. The molecule has 3 nitrogen and oxygen atoms in total. The third-order valence-corrected chi connectivity index (χ3v) is 5.19. The molecular weight excluding hydrogens is 244 g/mol. The minimum Gasteiger partial charge on any atom is -0.398 e. The van der Waals surface area contributed by atoms with Gasteiger partial charge in [-0.1, -0.05) is 18.6 Å². The van der Waals surface area contributed by atoms with E-state index >= 15 is 0 Å². The Balaban J connectivity index is 1.90. The number of hydrogen-bond donors (Lipinski definition) is 1. The van der Waals surface area contributed by atoms with Crippen molar-refractivity contribution >= 4 is 16.5 Å². The molecule has 2 N–H and O–H groups in total. The van der Waals surface area contributed by atoms with E-state index in [0.717, 1.165) is 11.3 Å². The van der Waals surface area contributed by atoms with Gasteiger partial charge < -0.3 is 10.6 Å². The number of likely N-dealkylation sites (tertiary alicyclic amines) is 1. The van der Waals surface area contributed by atoms with Crippen molar-refractivity contribution in [1.29, 1.82) is 0 Å². The van der Waals surface area contributed by atoms with Crippen molar-refractivity contribution in [3.05, 3.63) is 24.3 Å². The Kier molecular flexibility index (Phi) is 4.78. The Morgan fingerprint density at radius 2 is 2.17 bits per heavy atom. The molecule has 0 aromatic heterocycles. The third kappa shape index (κ3) is 3.33. The van der Waals surface area contributed by atoms with Gasteiger partial charge in [-0.05, 0) is 45.0 Å². The van der Waals surface area contributed by atoms with Crippen molar-refractivity contribution in [3.8, 4) is 0 Å². The lowest BCUT2D eigenvalue weighted by Gasteiger charge is -2.32. The number of piperidine rings is 1. The molecule has 2 unspecified atom stereocenters. The van der Waals surface area contributed by atoms with Crippen molar-refractivity contribution < 1.29 is 4.21 Å². The summed E-state index contributed by atoms with van der Waals surface area (Å²) in [5.74, 6) is 0.712. The predicted octanol–water partition coefficient (Wildman–Crippen LogP) is 2.25. The van der Waals surface area contributed by atoms with E-state index in [1.807, 2.05) is 24.3 Å². The van der Waals surface area contributed by atoms with Crippen molar-refractivity contribution in [2.45, 2.75) is 36.6 Å². The summed E-state index contributed by atoms with van der Waals surface area (Å²) in [4.78, 5) is 3.19. The molecule has 1 saturated heterocycles. The van der Waals surface area contributed by atoms with Gasteiger partial charge in [0, 0.05) is 17.5 Å². The third-order valence-electron chi connectivity index (χ3n) is 3.72. The molecule has 100 valence electrons. The molecule has 0 spiro atoms. The van der Waals surface area contributed by atoms with Crippen LogP contribution in [0.3, 0.4) is 0 Å². The monoisotopic (exact) mass is 266 g/mol. The summed E-state index contributed by atoms with van der Waals surface area (Å²) in [6.45, 7) is 1.17. The largest absolute Gasteiger partial charge is 0.398 e. The molecular formula is C14H22N2OS. The lowest BCUT2D eigenvalue weighted by atomic mass is 10.0. The Hall–Kier alpha value is -0.870. The Morgan fingerprint density at radius 3 is 2.89 bits per heavy atom. The van der Waals surface area contributed by atoms with E-state index in [0.29, 0.717) is 17.5 Å². The molecule has 4 heteroatoms. The molecule has 2 atom stereocenters. The number of rotatable bonds is 4. The molecule has 0 amide bonds. The topological polar surface area (TPSA) is 46.3 Å². The minimum absolute atomic E-state index is 0.590. The average molecular weight is 266 g/mol. The number of hydrogen-bond acceptors (Lipinski definition) is 3. The summed E-state index contributed by atoms with van der Waals surface area (Å²) in [7, 11) is 1.21. The average Bonchev–Trinajstić information content (AvgIpc) is 2.38. The fraction of sp³-hybridized carbons (Fsp3) is 0.571. The summed E-state index contributed by atoms with van der Waals surface area (Å²) in [5.41, 5.74) is 6.50. The molecule has 1 aliphatic rings. The van der Waals surface area contributed by atoms with Gasteiger partial charge in [-0.25, -0.2) is 0 Å². The molecule has 1 aliphatic heterocycles. The number of benzene rings is 1. The van der Waals surface area contributed by atoms with E-state index in [1.165, 1.54) is 25.8 Å². The highest BCUT2D eigenvalue weighted by atomic mass is 32.2. The quantitative estimate of drug-likeness (QED) is 0.850. The van der Waals surface area contributed by atoms with Crippen LogP contribution >= 0.6 is 0 Å². The second-order valence-electron chi connectivity index (χ2n) is 5.01. The highest BCUT2D eigenvalue weighted by molar-refractivity contribution is 7.85. The SMILES string of the molecule is CN1CCCCC1CCS(=O)c1ccccc1N. The molecule has 0 radical (unpaired) electrons. The van der Waals surface area contributed by atoms with Gasteiger partial charge in [-0.3, -0.25) is 4.21 Å². The van der Waals surface area contributed by atoms with E-state index in [1.54, 1.807) is 0 Å². The van der Waals surface area contributed by atoms with Crippen LogP contribution in [0.4, 0.5) is 5.69 Å². The minimum atomic E-state index is -0.963. The van der Waals surface area contributed by atoms with Crippen LogP contribution in [0.1, 0.15) is 25.7 Å². The lowest BCUT2D eigenvalue weighted by Crippen LogP contribution is -2.37. The normalized spacial score (nSPS) is 22.8. The number of nitrogens with two attached hydrogens (primary N) is 1. The van der Waals surface area contributed by atoms with E-state index in [4.69, 9.17) is 5.73 Å². The summed E-state index contributed by atoms with van der Waals surface area (Å²) in [6.07, 6.45) is 4.83. The standard InChI is InChI=1S/C14H22N2OS/c1-16-10-5-4-6-12(16)9-11-18(17)14-8-3-2-7-13(14)15/h2-3,7-8,12H,4-6,9-11,15H2,1H3. The molecule has 0 saturated carbocycles. The van der Waals surface area contributed by atoms with Crippen LogP contribution in [0.15, 0.2) is 29.2 Å². The number of nitrogen functional groups attached to an aromatic ring is 1. The van der Waals surface area contributed by atoms with Gasteiger partial charge in [0.2, 0.25) is 0 Å². The van der Waals surface area contributed by atoms with Gasteiger partial charge in [-0.15, -0.1) is 0 Å². The molecule has 2 rings (SSSR count). The van der Waals surface area contributed by atoms with Gasteiger partial charge in [-0.2, -0.15) is 0 Å². The molecule has 1 aromatic rings. The molecule has 0 aliphatic carbocycles. The Bertz CT molecular complexity index is 422. The predicted molar refractivity (Wildman–Crippen MR) is 77.0 cm³/mol. The van der Waals surface area contributed by atoms with Gasteiger partial charge in [0.1, 0.15) is 0 Å². The van der Waals surface area contributed by atoms with Gasteiger partial charge in [0.05, 0.1) is 15.7 Å². The molecule has 1 heterocycles. The van der Waals surface area contributed by atoms with Crippen molar-refractivity contribution in [3.63, 3.8) is 0 Å². The van der Waals surface area contributed by atoms with E-state index < -0.39 is 10.8 Å². The van der Waals surface area contributed by atoms with Gasteiger partial charge in [0.25, 0.3) is 0 Å². The van der Waals surface area contributed by atoms with Crippen molar-refractivity contribution in [1.82, 2.24) is 4.90 Å². The first-order valence-electron chi connectivity index (χ1n) is 6.61. The summed E-state index contributed by atoms with van der Waals surface area (Å²) in [5, 5.41) is 0. The van der Waals surface area contributed by atoms with Crippen LogP contribution in [0.25, 0.3) is 0 Å². The summed E-state index contributed by atoms with van der Waals surface area (Å²) >= 11 is 0. The van der Waals surface area contributed by atoms with Crippen LogP contribution in [0, 0.1) is 0 Å². The first-order chi connectivity index (χ1) is 8.68. The van der Waals surface area contributed by atoms with Crippen LogP contribution in [-0.2, 0) is 10.8 Å². The van der Waals surface area contributed by atoms with Crippen LogP contribution in [-0.4, -0.2) is 34.5 Å². The number of para-hydroxylation sites is 1. The highest BCUT2D eigenvalue weighted by Gasteiger charge is 2.19. The lowest BCUT2D eigenvalue weighted by molar-refractivity contribution is 0.182. The number of nitrogens with zero attached hydrogens (tertiary/aromatic N) is 1. The van der Waals surface area contributed by atoms with E-state index in [-0.39, 0.29) is 0 Å². The van der Waals surface area contributed by atoms with E-state index in [9.17, 15) is 4.21 Å². The van der Waals surface area contributed by atoms with Crippen LogP contribution < -0.4 is 5.73 Å². The Morgan fingerprint density at radius 1 is 1.39 bits per heavy atom. The first-order valence-corrected chi connectivity index (χ1v) is 7.93. The maximum atomic E-state index is 12.2. The molecule has 0 bridgehead atoms. The second kappa shape index (κ2) is 6.34. The maximum Gasteiger partial charge on any atom is 0.0617 e. The highest BCUT2D eigenvalue weighted by Crippen LogP contribution is 2.21. The van der Waals surface area contributed by atoms with E-state index in [2.05, 4.69) is 11.9 Å². The molecule has 1 aromatic carbocycles. The maximum absolute atomic E-state index is 12.2. The summed E-state index contributed by atoms with van der Waals surface area (Å²) < 4.78 is 12.2. The van der Waals surface area contributed by atoms with Crippen LogP contribution in [0.2, 0.25) is 0 Å². The Labute approximate surface area is 112 Å². The number of anilines is 1. The zero-order valence-electron chi connectivity index (χ0n) is 11.0. The van der Waals surface area contributed by atoms with Crippen molar-refractivity contribution in [2.75, 3.05) is 25.1 Å². The zero-order valence-corrected chi connectivity index (χ0v) is 11.8. The summed E-state index contributed by atoms with van der Waals surface area (Å²) in [6, 6.07) is 8.06. The fourth-order valence-corrected chi connectivity index (χ4v) is 3.82. The van der Waals surface area contributed by atoms with Gasteiger partial charge in [0.15, 0.2) is 0 Å². The van der Waals surface area contributed by atoms with Crippen LogP contribution in [0.5, 0.6) is 0 Å². The van der Waals surface area contributed by atoms with Gasteiger partial charge >= 0.3 is 0 Å². The second-order valence-corrected chi connectivity index (χ2v) is 6.55. The fourth-order valence-electron chi connectivity index (χ4n) is 2.55. The molecule has 18 heavy (non-hydrogen) atoms. The van der Waals surface area contributed by atoms with Crippen molar-refractivity contribution in [2.24, 2.45) is 0 Å².